The van der Waals surface area contributed by atoms with Gasteiger partial charge in [0.15, 0.2) is 11.6 Å². The van der Waals surface area contributed by atoms with Crippen LogP contribution >= 0.6 is 0 Å². The molecule has 0 saturated heterocycles. The van der Waals surface area contributed by atoms with Gasteiger partial charge in [-0.15, -0.1) is 0 Å². The van der Waals surface area contributed by atoms with Crippen LogP contribution in [-0.4, -0.2) is 41.1 Å². The van der Waals surface area contributed by atoms with Crippen LogP contribution < -0.4 is 15.2 Å². The van der Waals surface area contributed by atoms with Crippen molar-refractivity contribution in [2.24, 2.45) is 0 Å². The number of ether oxygens (including phenoxy) is 2. The molecule has 0 bridgehead atoms. The Bertz CT molecular complexity index is 945. The molecule has 0 fully saturated rings. The van der Waals surface area contributed by atoms with E-state index in [2.05, 4.69) is 28.7 Å². The van der Waals surface area contributed by atoms with E-state index < -0.39 is 5.82 Å². The first-order valence-electron chi connectivity index (χ1n) is 9.93. The van der Waals surface area contributed by atoms with Crippen LogP contribution in [0.2, 0.25) is 0 Å². The van der Waals surface area contributed by atoms with Gasteiger partial charge in [-0.05, 0) is 44.1 Å². The van der Waals surface area contributed by atoms with Crippen molar-refractivity contribution in [3.63, 3.8) is 0 Å². The summed E-state index contributed by atoms with van der Waals surface area (Å²) in [7, 11) is 0. The Morgan fingerprint density at radius 3 is 2.52 bits per heavy atom. The summed E-state index contributed by atoms with van der Waals surface area (Å²) in [5.41, 5.74) is 6.60. The van der Waals surface area contributed by atoms with Crippen molar-refractivity contribution in [1.29, 1.82) is 0 Å². The van der Waals surface area contributed by atoms with Gasteiger partial charge in [-0.1, -0.05) is 13.8 Å². The molecular formula is C22H27FN4O2. The number of nitrogens with two attached hydrogens (primary N) is 1. The lowest BCUT2D eigenvalue weighted by atomic mass is 10.2. The van der Waals surface area contributed by atoms with Gasteiger partial charge >= 0.3 is 0 Å². The molecule has 3 aromatic rings. The minimum Gasteiger partial charge on any atom is -0.476 e. The summed E-state index contributed by atoms with van der Waals surface area (Å²) in [6.07, 6.45) is 5.49. The molecule has 3 rings (SSSR count). The van der Waals surface area contributed by atoms with Gasteiger partial charge in [-0.2, -0.15) is 0 Å². The quantitative estimate of drug-likeness (QED) is 0.502. The van der Waals surface area contributed by atoms with E-state index >= 15 is 0 Å². The number of pyridine rings is 2. The van der Waals surface area contributed by atoms with Crippen LogP contribution in [0.15, 0.2) is 42.7 Å². The van der Waals surface area contributed by atoms with E-state index in [4.69, 9.17) is 15.2 Å². The predicted octanol–water partition coefficient (Wildman–Crippen LogP) is 4.64. The lowest BCUT2D eigenvalue weighted by Gasteiger charge is -2.20. The molecule has 0 aliphatic heterocycles. The summed E-state index contributed by atoms with van der Waals surface area (Å²) in [6.45, 7) is 7.89. The summed E-state index contributed by atoms with van der Waals surface area (Å²) >= 11 is 0. The minimum absolute atomic E-state index is 0.0963. The van der Waals surface area contributed by atoms with Crippen molar-refractivity contribution in [1.82, 2.24) is 14.9 Å². The lowest BCUT2D eigenvalue weighted by molar-refractivity contribution is 0.205. The van der Waals surface area contributed by atoms with Gasteiger partial charge in [0.1, 0.15) is 12.4 Å². The number of aromatic nitrogens is 2. The maximum atomic E-state index is 14.1. The number of benzene rings is 1. The van der Waals surface area contributed by atoms with Crippen molar-refractivity contribution >= 4 is 16.6 Å². The van der Waals surface area contributed by atoms with Crippen molar-refractivity contribution in [3.05, 3.63) is 48.5 Å². The average molecular weight is 398 g/mol. The zero-order valence-electron chi connectivity index (χ0n) is 16.9. The van der Waals surface area contributed by atoms with Crippen molar-refractivity contribution in [2.75, 3.05) is 32.0 Å². The molecule has 2 heterocycles. The van der Waals surface area contributed by atoms with E-state index in [-0.39, 0.29) is 5.75 Å². The highest BCUT2D eigenvalue weighted by molar-refractivity contribution is 5.85. The number of nitrogen functional groups attached to an aromatic ring is 1. The molecule has 0 atom stereocenters. The SMILES string of the molecule is CCCN(CCC)CCOc1cc2nccc(Oc3ccc(N)cc3F)c2cn1. The number of rotatable bonds is 10. The Hall–Kier alpha value is -2.93. The molecule has 0 aliphatic rings. The van der Waals surface area contributed by atoms with Gasteiger partial charge in [-0.3, -0.25) is 9.88 Å². The van der Waals surface area contributed by atoms with Crippen LogP contribution in [0.3, 0.4) is 0 Å². The summed E-state index contributed by atoms with van der Waals surface area (Å²) in [5.74, 6) is 0.550. The smallest absolute Gasteiger partial charge is 0.215 e. The first-order valence-corrected chi connectivity index (χ1v) is 9.93. The normalized spacial score (nSPS) is 11.2. The molecule has 0 saturated carbocycles. The molecule has 1 aromatic carbocycles. The van der Waals surface area contributed by atoms with Crippen LogP contribution in [0.4, 0.5) is 10.1 Å². The number of halogens is 1. The second kappa shape index (κ2) is 10.0. The Labute approximate surface area is 170 Å². The predicted molar refractivity (Wildman–Crippen MR) is 113 cm³/mol. The molecule has 0 radical (unpaired) electrons. The molecular weight excluding hydrogens is 371 g/mol. The Morgan fingerprint density at radius 1 is 1.00 bits per heavy atom. The lowest BCUT2D eigenvalue weighted by Crippen LogP contribution is -2.30. The fourth-order valence-corrected chi connectivity index (χ4v) is 3.13. The van der Waals surface area contributed by atoms with E-state index in [1.807, 2.05) is 0 Å². The van der Waals surface area contributed by atoms with Crippen LogP contribution in [0, 0.1) is 5.82 Å². The molecule has 154 valence electrons. The third-order valence-corrected chi connectivity index (χ3v) is 4.48. The summed E-state index contributed by atoms with van der Waals surface area (Å²) in [6, 6.07) is 7.76. The van der Waals surface area contributed by atoms with Gasteiger partial charge in [0.05, 0.1) is 10.9 Å². The van der Waals surface area contributed by atoms with Crippen LogP contribution in [0.25, 0.3) is 10.9 Å². The zero-order chi connectivity index (χ0) is 20.6. The average Bonchev–Trinajstić information content (AvgIpc) is 2.70. The molecule has 7 heteroatoms. The second-order valence-corrected chi connectivity index (χ2v) is 6.83. The van der Waals surface area contributed by atoms with Gasteiger partial charge in [-0.25, -0.2) is 9.37 Å². The monoisotopic (exact) mass is 398 g/mol. The summed E-state index contributed by atoms with van der Waals surface area (Å²) < 4.78 is 25.6. The van der Waals surface area contributed by atoms with E-state index in [0.717, 1.165) is 32.5 Å². The highest BCUT2D eigenvalue weighted by atomic mass is 19.1. The fraction of sp³-hybridized carbons (Fsp3) is 0.364. The minimum atomic E-state index is -0.522. The highest BCUT2D eigenvalue weighted by Gasteiger charge is 2.11. The molecule has 6 nitrogen and oxygen atoms in total. The van der Waals surface area contributed by atoms with Gasteiger partial charge in [0, 0.05) is 36.8 Å². The largest absolute Gasteiger partial charge is 0.476 e. The first-order chi connectivity index (χ1) is 14.1. The first kappa shape index (κ1) is 20.8. The Kier molecular flexibility index (Phi) is 7.19. The fourth-order valence-electron chi connectivity index (χ4n) is 3.13. The van der Waals surface area contributed by atoms with Crippen LogP contribution in [-0.2, 0) is 0 Å². The standard InChI is InChI=1S/C22H27FN4O2/c1-3-9-27(10-4-2)11-12-28-22-14-19-17(15-26-22)20(7-8-25-19)29-21-6-5-16(24)13-18(21)23/h5-8,13-15H,3-4,9-12,24H2,1-2H3. The second-order valence-electron chi connectivity index (χ2n) is 6.83. The maximum Gasteiger partial charge on any atom is 0.215 e. The van der Waals surface area contributed by atoms with Crippen LogP contribution in [0.5, 0.6) is 17.4 Å². The number of fused-ring (bicyclic) bond motifs is 1. The topological polar surface area (TPSA) is 73.5 Å². The Balaban J connectivity index is 1.71. The van der Waals surface area contributed by atoms with E-state index in [1.54, 1.807) is 30.6 Å². The zero-order valence-corrected chi connectivity index (χ0v) is 16.9. The van der Waals surface area contributed by atoms with Gasteiger partial charge in [0.25, 0.3) is 0 Å². The van der Waals surface area contributed by atoms with Crippen molar-refractivity contribution < 1.29 is 13.9 Å². The van der Waals surface area contributed by atoms with E-state index in [0.29, 0.717) is 34.8 Å². The third-order valence-electron chi connectivity index (χ3n) is 4.48. The molecule has 2 N–H and O–H groups in total. The molecule has 0 aliphatic carbocycles. The number of anilines is 1. The summed E-state index contributed by atoms with van der Waals surface area (Å²) in [5, 5.41) is 0.676. The van der Waals surface area contributed by atoms with Crippen molar-refractivity contribution in [2.45, 2.75) is 26.7 Å². The molecule has 0 amide bonds. The Morgan fingerprint density at radius 2 is 1.79 bits per heavy atom. The molecule has 0 spiro atoms. The van der Waals surface area contributed by atoms with E-state index in [1.165, 1.54) is 12.1 Å². The molecule has 29 heavy (non-hydrogen) atoms. The van der Waals surface area contributed by atoms with E-state index in [9.17, 15) is 4.39 Å². The van der Waals surface area contributed by atoms with Crippen LogP contribution in [0.1, 0.15) is 26.7 Å². The number of hydrogen-bond donors (Lipinski definition) is 1. The van der Waals surface area contributed by atoms with Gasteiger partial charge in [0.2, 0.25) is 5.88 Å². The number of hydrogen-bond acceptors (Lipinski definition) is 6. The number of nitrogens with zero attached hydrogens (tertiary/aromatic N) is 3. The summed E-state index contributed by atoms with van der Waals surface area (Å²) in [4.78, 5) is 11.1. The highest BCUT2D eigenvalue weighted by Crippen LogP contribution is 2.31. The molecule has 2 aromatic heterocycles. The molecule has 0 unspecified atom stereocenters. The third kappa shape index (κ3) is 5.54. The maximum absolute atomic E-state index is 14.1. The van der Waals surface area contributed by atoms with Gasteiger partial charge < -0.3 is 15.2 Å². The van der Waals surface area contributed by atoms with Crippen molar-refractivity contribution in [3.8, 4) is 17.4 Å².